The fraction of sp³-hybridized carbons (Fsp3) is 0.158. The maximum atomic E-state index is 12.2. The predicted octanol–water partition coefficient (Wildman–Crippen LogP) is 4.41. The Balaban J connectivity index is 1.73. The number of nitro groups is 1. The summed E-state index contributed by atoms with van der Waals surface area (Å²) in [5, 5.41) is 15.9. The van der Waals surface area contributed by atoms with Crippen LogP contribution in [-0.4, -0.2) is 20.7 Å². The number of rotatable bonds is 5. The number of hydrogen-bond donors (Lipinski definition) is 0. The van der Waals surface area contributed by atoms with Crippen molar-refractivity contribution in [3.05, 3.63) is 86.2 Å². The van der Waals surface area contributed by atoms with Crippen LogP contribution in [0.3, 0.4) is 0 Å². The Morgan fingerprint density at radius 3 is 2.33 bits per heavy atom. The third-order valence-corrected chi connectivity index (χ3v) is 4.32. The van der Waals surface area contributed by atoms with Crippen LogP contribution in [0.1, 0.15) is 27.3 Å². The predicted molar refractivity (Wildman–Crippen MR) is 100 cm³/mol. The number of carbonyl (C=O) groups is 1. The maximum absolute atomic E-state index is 12.2. The molecular formula is C19H16ClN3O4. The fourth-order valence-corrected chi connectivity index (χ4v) is 2.83. The van der Waals surface area contributed by atoms with Crippen LogP contribution in [0, 0.1) is 24.0 Å². The van der Waals surface area contributed by atoms with Crippen molar-refractivity contribution in [3.8, 4) is 5.69 Å². The van der Waals surface area contributed by atoms with Crippen LogP contribution in [-0.2, 0) is 11.3 Å². The van der Waals surface area contributed by atoms with Crippen LogP contribution in [0.2, 0.25) is 5.02 Å². The Morgan fingerprint density at radius 1 is 1.15 bits per heavy atom. The molecule has 0 spiro atoms. The van der Waals surface area contributed by atoms with Gasteiger partial charge in [-0.3, -0.25) is 10.1 Å². The lowest BCUT2D eigenvalue weighted by Crippen LogP contribution is -2.06. The van der Waals surface area contributed by atoms with Crippen LogP contribution in [0.4, 0.5) is 5.69 Å². The number of aromatic nitrogens is 2. The van der Waals surface area contributed by atoms with Gasteiger partial charge in [0.2, 0.25) is 0 Å². The van der Waals surface area contributed by atoms with E-state index in [1.165, 1.54) is 4.68 Å². The summed E-state index contributed by atoms with van der Waals surface area (Å²) in [7, 11) is 0. The van der Waals surface area contributed by atoms with Gasteiger partial charge in [0.25, 0.3) is 0 Å². The Labute approximate surface area is 160 Å². The van der Waals surface area contributed by atoms with E-state index in [1.807, 2.05) is 0 Å². The van der Waals surface area contributed by atoms with Gasteiger partial charge >= 0.3 is 11.7 Å². The van der Waals surface area contributed by atoms with Gasteiger partial charge in [-0.1, -0.05) is 23.7 Å². The largest absolute Gasteiger partial charge is 0.457 e. The van der Waals surface area contributed by atoms with Gasteiger partial charge in [-0.15, -0.1) is 0 Å². The average Bonchev–Trinajstić information content (AvgIpc) is 2.95. The summed E-state index contributed by atoms with van der Waals surface area (Å²) >= 11 is 5.82. The average molecular weight is 386 g/mol. The van der Waals surface area contributed by atoms with Crippen molar-refractivity contribution in [2.75, 3.05) is 0 Å². The van der Waals surface area contributed by atoms with Crippen LogP contribution < -0.4 is 0 Å². The molecule has 0 fully saturated rings. The molecule has 0 N–H and O–H groups in total. The zero-order valence-corrected chi connectivity index (χ0v) is 15.4. The summed E-state index contributed by atoms with van der Waals surface area (Å²) < 4.78 is 6.77. The molecule has 0 amide bonds. The summed E-state index contributed by atoms with van der Waals surface area (Å²) in [5.74, 6) is -0.462. The van der Waals surface area contributed by atoms with Gasteiger partial charge in [-0.25, -0.2) is 9.48 Å². The van der Waals surface area contributed by atoms with Crippen molar-refractivity contribution in [1.29, 1.82) is 0 Å². The third-order valence-electron chi connectivity index (χ3n) is 4.07. The van der Waals surface area contributed by atoms with Crippen molar-refractivity contribution in [1.82, 2.24) is 9.78 Å². The van der Waals surface area contributed by atoms with Crippen molar-refractivity contribution in [2.45, 2.75) is 20.5 Å². The molecule has 0 saturated heterocycles. The second kappa shape index (κ2) is 7.59. The number of esters is 1. The first-order valence-corrected chi connectivity index (χ1v) is 8.47. The van der Waals surface area contributed by atoms with E-state index in [4.69, 9.17) is 16.3 Å². The van der Waals surface area contributed by atoms with Gasteiger partial charge in [0, 0.05) is 5.02 Å². The smallest absolute Gasteiger partial charge is 0.338 e. The van der Waals surface area contributed by atoms with Crippen LogP contribution in [0.25, 0.3) is 5.69 Å². The number of ether oxygens (including phenoxy) is 1. The Kier molecular flexibility index (Phi) is 5.23. The second-order valence-corrected chi connectivity index (χ2v) is 6.37. The van der Waals surface area contributed by atoms with Gasteiger partial charge in [0.15, 0.2) is 0 Å². The molecule has 0 saturated carbocycles. The van der Waals surface area contributed by atoms with E-state index in [2.05, 4.69) is 5.10 Å². The Hall–Kier alpha value is -3.19. The highest BCUT2D eigenvalue weighted by Gasteiger charge is 2.22. The standard InChI is InChI=1S/C19H16ClN3O4/c1-12-18(23(25)26)13(2)22(21-12)17-9-5-15(6-10-17)19(24)27-11-14-3-7-16(20)8-4-14/h3-10H,11H2,1-2H3. The summed E-state index contributed by atoms with van der Waals surface area (Å²) in [5.41, 5.74) is 2.59. The van der Waals surface area contributed by atoms with Gasteiger partial charge in [-0.2, -0.15) is 5.10 Å². The molecule has 3 aromatic rings. The molecule has 0 aliphatic heterocycles. The molecule has 7 nitrogen and oxygen atoms in total. The first kappa shape index (κ1) is 18.6. The number of halogens is 1. The molecule has 0 unspecified atom stereocenters. The molecule has 3 rings (SSSR count). The number of hydrogen-bond acceptors (Lipinski definition) is 5. The summed E-state index contributed by atoms with van der Waals surface area (Å²) in [6.45, 7) is 3.36. The number of nitrogens with zero attached hydrogens (tertiary/aromatic N) is 3. The van der Waals surface area contributed by atoms with E-state index in [-0.39, 0.29) is 12.3 Å². The molecule has 2 aromatic carbocycles. The lowest BCUT2D eigenvalue weighted by molar-refractivity contribution is -0.386. The van der Waals surface area contributed by atoms with Gasteiger partial charge < -0.3 is 4.74 Å². The molecule has 1 aromatic heterocycles. The molecule has 27 heavy (non-hydrogen) atoms. The molecule has 0 aliphatic carbocycles. The molecule has 1 heterocycles. The zero-order chi connectivity index (χ0) is 19.6. The van der Waals surface area contributed by atoms with E-state index in [0.717, 1.165) is 5.56 Å². The molecule has 138 valence electrons. The monoisotopic (exact) mass is 385 g/mol. The van der Waals surface area contributed by atoms with Gasteiger partial charge in [0.05, 0.1) is 16.2 Å². The van der Waals surface area contributed by atoms with E-state index in [0.29, 0.717) is 27.7 Å². The van der Waals surface area contributed by atoms with Crippen molar-refractivity contribution in [2.24, 2.45) is 0 Å². The first-order valence-electron chi connectivity index (χ1n) is 8.09. The van der Waals surface area contributed by atoms with E-state index in [9.17, 15) is 14.9 Å². The van der Waals surface area contributed by atoms with Crippen LogP contribution in [0.15, 0.2) is 48.5 Å². The minimum atomic E-state index is -0.462. The van der Waals surface area contributed by atoms with E-state index < -0.39 is 10.9 Å². The molecule has 0 bridgehead atoms. The molecule has 8 heteroatoms. The van der Waals surface area contributed by atoms with Crippen molar-refractivity contribution in [3.63, 3.8) is 0 Å². The fourth-order valence-electron chi connectivity index (χ4n) is 2.70. The van der Waals surface area contributed by atoms with E-state index >= 15 is 0 Å². The number of aryl methyl sites for hydroxylation is 1. The highest BCUT2D eigenvalue weighted by Crippen LogP contribution is 2.25. The highest BCUT2D eigenvalue weighted by atomic mass is 35.5. The van der Waals surface area contributed by atoms with Crippen LogP contribution in [0.5, 0.6) is 0 Å². The second-order valence-electron chi connectivity index (χ2n) is 5.94. The first-order chi connectivity index (χ1) is 12.9. The lowest BCUT2D eigenvalue weighted by Gasteiger charge is -2.07. The topological polar surface area (TPSA) is 87.3 Å². The quantitative estimate of drug-likeness (QED) is 0.369. The minimum absolute atomic E-state index is 0.0125. The molecule has 0 radical (unpaired) electrons. The summed E-state index contributed by atoms with van der Waals surface area (Å²) in [4.78, 5) is 22.9. The number of carbonyl (C=O) groups excluding carboxylic acids is 1. The normalized spacial score (nSPS) is 10.6. The van der Waals surface area contributed by atoms with E-state index in [1.54, 1.807) is 62.4 Å². The molecular weight excluding hydrogens is 370 g/mol. The minimum Gasteiger partial charge on any atom is -0.457 e. The summed E-state index contributed by atoms with van der Waals surface area (Å²) in [6, 6.07) is 13.6. The maximum Gasteiger partial charge on any atom is 0.338 e. The SMILES string of the molecule is Cc1nn(-c2ccc(C(=O)OCc3ccc(Cl)cc3)cc2)c(C)c1[N+](=O)[O-]. The van der Waals surface area contributed by atoms with Gasteiger partial charge in [-0.05, 0) is 55.8 Å². The van der Waals surface area contributed by atoms with Gasteiger partial charge in [0.1, 0.15) is 18.0 Å². The van der Waals surface area contributed by atoms with Crippen molar-refractivity contribution >= 4 is 23.3 Å². The Morgan fingerprint density at radius 2 is 1.78 bits per heavy atom. The Bertz CT molecular complexity index is 995. The van der Waals surface area contributed by atoms with Crippen LogP contribution >= 0.6 is 11.6 Å². The summed E-state index contributed by atoms with van der Waals surface area (Å²) in [6.07, 6.45) is 0. The van der Waals surface area contributed by atoms with Crippen molar-refractivity contribution < 1.29 is 14.5 Å². The third kappa shape index (κ3) is 3.98. The highest BCUT2D eigenvalue weighted by molar-refractivity contribution is 6.30. The zero-order valence-electron chi connectivity index (χ0n) is 14.7. The number of benzene rings is 2. The lowest BCUT2D eigenvalue weighted by atomic mass is 10.2. The molecule has 0 aliphatic rings. The molecule has 0 atom stereocenters.